The lowest BCUT2D eigenvalue weighted by Gasteiger charge is -2.16. The fourth-order valence-corrected chi connectivity index (χ4v) is 3.47. The van der Waals surface area contributed by atoms with Crippen LogP contribution in [0.5, 0.6) is 5.75 Å². The second-order valence-corrected chi connectivity index (χ2v) is 7.00. The van der Waals surface area contributed by atoms with E-state index in [2.05, 4.69) is 5.32 Å². The first-order valence-corrected chi connectivity index (χ1v) is 9.11. The van der Waals surface area contributed by atoms with Crippen molar-refractivity contribution in [3.63, 3.8) is 0 Å². The van der Waals surface area contributed by atoms with Crippen LogP contribution >= 0.6 is 11.8 Å². The summed E-state index contributed by atoms with van der Waals surface area (Å²) in [5, 5.41) is 4.40. The van der Waals surface area contributed by atoms with Gasteiger partial charge in [0.25, 0.3) is 0 Å². The van der Waals surface area contributed by atoms with Crippen LogP contribution in [0.2, 0.25) is 0 Å². The molecule has 0 fully saturated rings. The molecule has 2 atom stereocenters. The van der Waals surface area contributed by atoms with Crippen LogP contribution in [-0.2, 0) is 14.4 Å². The van der Waals surface area contributed by atoms with Gasteiger partial charge in [-0.15, -0.1) is 0 Å². The number of hydrogen-bond acceptors (Lipinski definition) is 5. The van der Waals surface area contributed by atoms with E-state index in [-0.39, 0.29) is 22.7 Å². The molecule has 2 rings (SSSR count). The second-order valence-electron chi connectivity index (χ2n) is 5.98. The van der Waals surface area contributed by atoms with Crippen molar-refractivity contribution in [2.45, 2.75) is 25.8 Å². The number of thioether (sulfide) groups is 1. The Hall–Kier alpha value is -2.54. The summed E-state index contributed by atoms with van der Waals surface area (Å²) in [6, 6.07) is 10.7. The van der Waals surface area contributed by atoms with E-state index >= 15 is 0 Å². The van der Waals surface area contributed by atoms with Gasteiger partial charge in [0.15, 0.2) is 5.12 Å². The number of rotatable bonds is 7. The highest BCUT2D eigenvalue weighted by Crippen LogP contribution is 2.28. The molecular weight excluding hydrogens is 352 g/mol. The monoisotopic (exact) mass is 374 g/mol. The SMILES string of the molecule is COc1ccc2cc([C@@H](C)C(=O)SC[C@@H](NC(C)=O)C(N)=O)ccc2c1. The number of carbonyl (C=O) groups excluding carboxylic acids is 3. The lowest BCUT2D eigenvalue weighted by atomic mass is 9.99. The van der Waals surface area contributed by atoms with Gasteiger partial charge < -0.3 is 15.8 Å². The van der Waals surface area contributed by atoms with Gasteiger partial charge in [-0.2, -0.15) is 0 Å². The largest absolute Gasteiger partial charge is 0.497 e. The molecule has 2 aromatic rings. The Morgan fingerprint density at radius 1 is 1.15 bits per heavy atom. The van der Waals surface area contributed by atoms with Crippen molar-refractivity contribution in [1.29, 1.82) is 0 Å². The van der Waals surface area contributed by atoms with E-state index in [1.807, 2.05) is 43.3 Å². The number of benzene rings is 2. The summed E-state index contributed by atoms with van der Waals surface area (Å²) in [6.45, 7) is 3.12. The molecule has 0 bridgehead atoms. The van der Waals surface area contributed by atoms with Crippen LogP contribution in [0.15, 0.2) is 36.4 Å². The molecule has 0 aliphatic heterocycles. The molecule has 2 amide bonds. The Labute approximate surface area is 156 Å². The molecule has 138 valence electrons. The molecule has 0 radical (unpaired) electrons. The van der Waals surface area contributed by atoms with Crippen molar-refractivity contribution >= 4 is 39.5 Å². The first-order valence-electron chi connectivity index (χ1n) is 8.12. The van der Waals surface area contributed by atoms with Crippen LogP contribution in [0.1, 0.15) is 25.3 Å². The van der Waals surface area contributed by atoms with Gasteiger partial charge in [0, 0.05) is 12.7 Å². The van der Waals surface area contributed by atoms with Gasteiger partial charge in [-0.25, -0.2) is 0 Å². The Balaban J connectivity index is 2.08. The summed E-state index contributed by atoms with van der Waals surface area (Å²) in [5.74, 6) is -0.478. The van der Waals surface area contributed by atoms with Gasteiger partial charge in [0.2, 0.25) is 11.8 Å². The van der Waals surface area contributed by atoms with Gasteiger partial charge >= 0.3 is 0 Å². The van der Waals surface area contributed by atoms with E-state index in [1.54, 1.807) is 7.11 Å². The number of ether oxygens (including phenoxy) is 1. The average Bonchev–Trinajstić information content (AvgIpc) is 2.62. The standard InChI is InChI=1S/C19H22N2O4S/c1-11(19(24)26-10-17(18(20)23)21-12(2)22)13-4-5-15-9-16(25-3)7-6-14(15)8-13/h4-9,11,17H,10H2,1-3H3,(H2,20,23)(H,21,22)/t11-,17-/m1/s1. The number of fused-ring (bicyclic) bond motifs is 1. The number of primary amides is 1. The third-order valence-corrected chi connectivity index (χ3v) is 5.18. The molecule has 0 aliphatic rings. The van der Waals surface area contributed by atoms with E-state index in [4.69, 9.17) is 10.5 Å². The van der Waals surface area contributed by atoms with Crippen LogP contribution in [0.25, 0.3) is 10.8 Å². The van der Waals surface area contributed by atoms with Gasteiger partial charge in [-0.05, 0) is 28.5 Å². The number of nitrogens with two attached hydrogens (primary N) is 1. The van der Waals surface area contributed by atoms with E-state index in [9.17, 15) is 14.4 Å². The molecule has 0 unspecified atom stereocenters. The summed E-state index contributed by atoms with van der Waals surface area (Å²) < 4.78 is 5.21. The highest BCUT2D eigenvalue weighted by molar-refractivity contribution is 8.13. The van der Waals surface area contributed by atoms with Crippen LogP contribution in [0, 0.1) is 0 Å². The first kappa shape index (κ1) is 19.8. The Morgan fingerprint density at radius 2 is 1.81 bits per heavy atom. The fourth-order valence-electron chi connectivity index (χ4n) is 2.51. The molecule has 0 aromatic heterocycles. The van der Waals surface area contributed by atoms with Crippen molar-refractivity contribution in [3.8, 4) is 5.75 Å². The second kappa shape index (κ2) is 8.71. The van der Waals surface area contributed by atoms with Crippen molar-refractivity contribution in [2.75, 3.05) is 12.9 Å². The number of carbonyl (C=O) groups is 3. The maximum Gasteiger partial charge on any atom is 0.240 e. The lowest BCUT2D eigenvalue weighted by Crippen LogP contribution is -2.45. The van der Waals surface area contributed by atoms with Crippen molar-refractivity contribution in [1.82, 2.24) is 5.32 Å². The first-order chi connectivity index (χ1) is 12.3. The molecule has 3 N–H and O–H groups in total. The lowest BCUT2D eigenvalue weighted by molar-refractivity contribution is -0.125. The average molecular weight is 374 g/mol. The molecule has 0 saturated heterocycles. The minimum atomic E-state index is -0.863. The molecule has 0 aliphatic carbocycles. The molecule has 26 heavy (non-hydrogen) atoms. The molecule has 2 aromatic carbocycles. The van der Waals surface area contributed by atoms with E-state index in [1.165, 1.54) is 6.92 Å². The number of amides is 2. The van der Waals surface area contributed by atoms with Crippen molar-refractivity contribution in [2.24, 2.45) is 5.73 Å². The maximum atomic E-state index is 12.5. The molecule has 0 heterocycles. The topological polar surface area (TPSA) is 98.5 Å². The van der Waals surface area contributed by atoms with Gasteiger partial charge in [0.1, 0.15) is 11.8 Å². The van der Waals surface area contributed by atoms with Crippen molar-refractivity contribution < 1.29 is 19.1 Å². The van der Waals surface area contributed by atoms with Gasteiger partial charge in [0.05, 0.1) is 13.0 Å². The van der Waals surface area contributed by atoms with Crippen molar-refractivity contribution in [3.05, 3.63) is 42.0 Å². The van der Waals surface area contributed by atoms with Crippen LogP contribution in [0.3, 0.4) is 0 Å². The normalized spacial score (nSPS) is 13.0. The zero-order chi connectivity index (χ0) is 19.3. The van der Waals surface area contributed by atoms with Gasteiger partial charge in [-0.1, -0.05) is 43.0 Å². The maximum absolute atomic E-state index is 12.5. The zero-order valence-electron chi connectivity index (χ0n) is 14.9. The van der Waals surface area contributed by atoms with Gasteiger partial charge in [-0.3, -0.25) is 14.4 Å². The zero-order valence-corrected chi connectivity index (χ0v) is 15.8. The summed E-state index contributed by atoms with van der Waals surface area (Å²) in [6.07, 6.45) is 0. The number of nitrogens with one attached hydrogen (secondary N) is 1. The smallest absolute Gasteiger partial charge is 0.240 e. The Morgan fingerprint density at radius 3 is 2.42 bits per heavy atom. The Kier molecular flexibility index (Phi) is 6.63. The predicted octanol–water partition coefficient (Wildman–Crippen LogP) is 2.20. The quantitative estimate of drug-likeness (QED) is 0.774. The van der Waals surface area contributed by atoms with E-state index in [0.29, 0.717) is 0 Å². The summed E-state index contributed by atoms with van der Waals surface area (Å²) >= 11 is 0.995. The summed E-state index contributed by atoms with van der Waals surface area (Å²) in [4.78, 5) is 34.9. The van der Waals surface area contributed by atoms with Crippen LogP contribution < -0.4 is 15.8 Å². The molecular formula is C19H22N2O4S. The molecule has 0 saturated carbocycles. The molecule has 7 heteroatoms. The highest BCUT2D eigenvalue weighted by atomic mass is 32.2. The number of hydrogen-bond donors (Lipinski definition) is 2. The molecule has 0 spiro atoms. The Bertz CT molecular complexity index is 837. The van der Waals surface area contributed by atoms with E-state index < -0.39 is 11.9 Å². The minimum Gasteiger partial charge on any atom is -0.497 e. The van der Waals surface area contributed by atoms with Crippen LogP contribution in [0.4, 0.5) is 0 Å². The summed E-state index contributed by atoms with van der Waals surface area (Å²) in [7, 11) is 1.62. The number of methoxy groups -OCH3 is 1. The predicted molar refractivity (Wildman–Crippen MR) is 103 cm³/mol. The molecule has 6 nitrogen and oxygen atoms in total. The fraction of sp³-hybridized carbons (Fsp3) is 0.316. The third kappa shape index (κ3) is 4.98. The summed E-state index contributed by atoms with van der Waals surface area (Å²) in [5.41, 5.74) is 6.14. The third-order valence-electron chi connectivity index (χ3n) is 4.04. The van der Waals surface area contributed by atoms with E-state index in [0.717, 1.165) is 33.8 Å². The van der Waals surface area contributed by atoms with Crippen LogP contribution in [-0.4, -0.2) is 35.8 Å². The minimum absolute atomic E-state index is 0.0885. The highest BCUT2D eigenvalue weighted by Gasteiger charge is 2.22.